The molecule has 0 aromatic carbocycles. The Labute approximate surface area is 98.4 Å². The van der Waals surface area contributed by atoms with Crippen molar-refractivity contribution in [2.45, 2.75) is 25.7 Å². The SMILES string of the molecule is COC(=O)N(N=C1CCCCC1=O)C(=O)OC. The van der Waals surface area contributed by atoms with E-state index in [1.165, 1.54) is 0 Å². The van der Waals surface area contributed by atoms with Crippen LogP contribution >= 0.6 is 0 Å². The molecule has 1 aliphatic carbocycles. The summed E-state index contributed by atoms with van der Waals surface area (Å²) in [5.41, 5.74) is 0.201. The normalized spacial score (nSPS) is 17.8. The molecule has 0 aromatic rings. The maximum Gasteiger partial charge on any atom is 0.440 e. The van der Waals surface area contributed by atoms with Crippen LogP contribution < -0.4 is 0 Å². The van der Waals surface area contributed by atoms with Gasteiger partial charge in [0.25, 0.3) is 0 Å². The van der Waals surface area contributed by atoms with E-state index in [1.807, 2.05) is 0 Å². The zero-order chi connectivity index (χ0) is 12.8. The molecule has 1 aliphatic rings. The monoisotopic (exact) mass is 242 g/mol. The molecule has 0 spiro atoms. The number of Topliss-reactive ketones (excluding diaryl/α,β-unsaturated/α-hetero) is 1. The number of carbonyl (C=O) groups is 3. The third-order valence-corrected chi connectivity index (χ3v) is 2.31. The lowest BCUT2D eigenvalue weighted by atomic mass is 9.97. The number of ketones is 1. The lowest BCUT2D eigenvalue weighted by molar-refractivity contribution is -0.113. The Hall–Kier alpha value is -1.92. The van der Waals surface area contributed by atoms with Gasteiger partial charge in [-0.15, -0.1) is 0 Å². The molecule has 1 rings (SSSR count). The van der Waals surface area contributed by atoms with Gasteiger partial charge in [-0.05, 0) is 19.3 Å². The zero-order valence-corrected chi connectivity index (χ0v) is 9.76. The van der Waals surface area contributed by atoms with E-state index in [-0.39, 0.29) is 11.5 Å². The fraction of sp³-hybridized carbons (Fsp3) is 0.600. The lowest BCUT2D eigenvalue weighted by Crippen LogP contribution is -2.35. The van der Waals surface area contributed by atoms with Crippen LogP contribution in [0.2, 0.25) is 0 Å². The molecule has 7 heteroatoms. The number of methoxy groups -OCH3 is 2. The summed E-state index contributed by atoms with van der Waals surface area (Å²) in [5, 5.41) is 4.12. The van der Waals surface area contributed by atoms with Crippen molar-refractivity contribution in [3.05, 3.63) is 0 Å². The highest BCUT2D eigenvalue weighted by atomic mass is 16.6. The Bertz CT molecular complexity index is 348. The Morgan fingerprint density at radius 1 is 1.12 bits per heavy atom. The van der Waals surface area contributed by atoms with Gasteiger partial charge >= 0.3 is 12.2 Å². The number of amides is 2. The number of hydrogen-bond donors (Lipinski definition) is 0. The van der Waals surface area contributed by atoms with Gasteiger partial charge in [0.15, 0.2) is 5.78 Å². The van der Waals surface area contributed by atoms with Crippen LogP contribution in [0.25, 0.3) is 0 Å². The van der Waals surface area contributed by atoms with Crippen LogP contribution in [0, 0.1) is 0 Å². The second-order valence-electron chi connectivity index (χ2n) is 3.43. The summed E-state index contributed by atoms with van der Waals surface area (Å²) in [5.74, 6) is -0.158. The quantitative estimate of drug-likeness (QED) is 0.647. The first kappa shape index (κ1) is 13.1. The van der Waals surface area contributed by atoms with E-state index < -0.39 is 12.2 Å². The first-order valence-corrected chi connectivity index (χ1v) is 5.17. The second kappa shape index (κ2) is 5.97. The minimum Gasteiger partial charge on any atom is -0.451 e. The number of hydrazone groups is 1. The minimum absolute atomic E-state index is 0.158. The molecular weight excluding hydrogens is 228 g/mol. The number of nitrogens with zero attached hydrogens (tertiary/aromatic N) is 2. The van der Waals surface area contributed by atoms with Crippen molar-refractivity contribution >= 4 is 23.7 Å². The van der Waals surface area contributed by atoms with Crippen molar-refractivity contribution in [2.24, 2.45) is 5.10 Å². The highest BCUT2D eigenvalue weighted by molar-refractivity contribution is 6.40. The average Bonchev–Trinajstić information content (AvgIpc) is 2.36. The van der Waals surface area contributed by atoms with Gasteiger partial charge in [-0.1, -0.05) is 5.01 Å². The van der Waals surface area contributed by atoms with E-state index in [0.29, 0.717) is 17.9 Å². The van der Waals surface area contributed by atoms with Crippen LogP contribution in [0.5, 0.6) is 0 Å². The van der Waals surface area contributed by atoms with E-state index in [0.717, 1.165) is 27.1 Å². The van der Waals surface area contributed by atoms with E-state index in [1.54, 1.807) is 0 Å². The summed E-state index contributed by atoms with van der Waals surface area (Å²) < 4.78 is 8.76. The number of hydrogen-bond acceptors (Lipinski definition) is 6. The molecule has 1 fully saturated rings. The van der Waals surface area contributed by atoms with Crippen molar-refractivity contribution in [3.63, 3.8) is 0 Å². The predicted molar refractivity (Wildman–Crippen MR) is 57.6 cm³/mol. The molecular formula is C10H14N2O5. The van der Waals surface area contributed by atoms with E-state index in [2.05, 4.69) is 14.6 Å². The van der Waals surface area contributed by atoms with Gasteiger partial charge in [0.1, 0.15) is 5.71 Å². The van der Waals surface area contributed by atoms with Gasteiger partial charge in [0.05, 0.1) is 14.2 Å². The molecule has 1 saturated carbocycles. The van der Waals surface area contributed by atoms with Crippen LogP contribution in [0.15, 0.2) is 5.10 Å². The highest BCUT2D eigenvalue weighted by Gasteiger charge is 2.26. The first-order chi connectivity index (χ1) is 8.10. The van der Waals surface area contributed by atoms with Gasteiger partial charge < -0.3 is 9.47 Å². The van der Waals surface area contributed by atoms with Crippen LogP contribution in [0.1, 0.15) is 25.7 Å². The number of carbonyl (C=O) groups excluding carboxylic acids is 3. The highest BCUT2D eigenvalue weighted by Crippen LogP contribution is 2.13. The van der Waals surface area contributed by atoms with Crippen molar-refractivity contribution in [2.75, 3.05) is 14.2 Å². The molecule has 7 nitrogen and oxygen atoms in total. The maximum atomic E-state index is 11.5. The molecule has 0 heterocycles. The summed E-state index contributed by atoms with van der Waals surface area (Å²) >= 11 is 0. The molecule has 0 aromatic heterocycles. The van der Waals surface area contributed by atoms with E-state index in [9.17, 15) is 14.4 Å². The van der Waals surface area contributed by atoms with Gasteiger partial charge in [0.2, 0.25) is 0 Å². The van der Waals surface area contributed by atoms with Gasteiger partial charge in [-0.3, -0.25) is 4.79 Å². The van der Waals surface area contributed by atoms with Crippen molar-refractivity contribution in [1.82, 2.24) is 5.01 Å². The Kier molecular flexibility index (Phi) is 4.62. The minimum atomic E-state index is -0.984. The molecule has 2 amide bonds. The smallest absolute Gasteiger partial charge is 0.440 e. The molecule has 0 aliphatic heterocycles. The molecule has 0 N–H and O–H groups in total. The lowest BCUT2D eigenvalue weighted by Gasteiger charge is -2.16. The van der Waals surface area contributed by atoms with Gasteiger partial charge in [0, 0.05) is 6.42 Å². The van der Waals surface area contributed by atoms with Crippen LogP contribution in [-0.2, 0) is 14.3 Å². The summed E-state index contributed by atoms with van der Waals surface area (Å²) in [7, 11) is 2.22. The summed E-state index contributed by atoms with van der Waals surface area (Å²) in [6, 6.07) is 0. The standard InChI is InChI=1S/C10H14N2O5/c1-16-9(14)12(10(15)17-2)11-7-5-3-4-6-8(7)13/h3-6H2,1-2H3. The number of imide groups is 1. The predicted octanol–water partition coefficient (Wildman–Crippen LogP) is 1.32. The largest absolute Gasteiger partial charge is 0.451 e. The fourth-order valence-corrected chi connectivity index (χ4v) is 1.42. The third kappa shape index (κ3) is 3.27. The molecule has 0 unspecified atom stereocenters. The Balaban J connectivity index is 2.90. The Morgan fingerprint density at radius 3 is 2.12 bits per heavy atom. The Morgan fingerprint density at radius 2 is 1.65 bits per heavy atom. The van der Waals surface area contributed by atoms with E-state index in [4.69, 9.17) is 0 Å². The van der Waals surface area contributed by atoms with Crippen molar-refractivity contribution in [1.29, 1.82) is 0 Å². The molecule has 0 radical (unpaired) electrons. The van der Waals surface area contributed by atoms with Crippen molar-refractivity contribution < 1.29 is 23.9 Å². The van der Waals surface area contributed by atoms with E-state index >= 15 is 0 Å². The summed E-state index contributed by atoms with van der Waals surface area (Å²) in [6.45, 7) is 0. The maximum absolute atomic E-state index is 11.5. The molecule has 0 atom stereocenters. The third-order valence-electron chi connectivity index (χ3n) is 2.31. The van der Waals surface area contributed by atoms with Crippen LogP contribution in [-0.4, -0.2) is 42.9 Å². The molecule has 94 valence electrons. The summed E-state index contributed by atoms with van der Waals surface area (Å²) in [6.07, 6.45) is 0.471. The van der Waals surface area contributed by atoms with Crippen LogP contribution in [0.3, 0.4) is 0 Å². The van der Waals surface area contributed by atoms with Gasteiger partial charge in [-0.2, -0.15) is 5.10 Å². The van der Waals surface area contributed by atoms with Crippen molar-refractivity contribution in [3.8, 4) is 0 Å². The average molecular weight is 242 g/mol. The molecule has 0 saturated heterocycles. The zero-order valence-electron chi connectivity index (χ0n) is 9.76. The summed E-state index contributed by atoms with van der Waals surface area (Å²) in [4.78, 5) is 34.0. The molecule has 0 bridgehead atoms. The fourth-order valence-electron chi connectivity index (χ4n) is 1.42. The number of rotatable bonds is 1. The second-order valence-corrected chi connectivity index (χ2v) is 3.43. The van der Waals surface area contributed by atoms with Crippen LogP contribution in [0.4, 0.5) is 9.59 Å². The molecule has 17 heavy (non-hydrogen) atoms. The topological polar surface area (TPSA) is 85.3 Å². The van der Waals surface area contributed by atoms with Gasteiger partial charge in [-0.25, -0.2) is 9.59 Å². The number of ether oxygens (including phenoxy) is 2. The first-order valence-electron chi connectivity index (χ1n) is 5.17.